The van der Waals surface area contributed by atoms with Crippen molar-refractivity contribution >= 4 is 22.6 Å². The van der Waals surface area contributed by atoms with E-state index < -0.39 is 0 Å². The molecule has 1 saturated heterocycles. The maximum absolute atomic E-state index is 11.4. The summed E-state index contributed by atoms with van der Waals surface area (Å²) in [5.74, 6) is 0.599. The Morgan fingerprint density at radius 2 is 2.16 bits per heavy atom. The van der Waals surface area contributed by atoms with Crippen molar-refractivity contribution in [3.8, 4) is 0 Å². The quantitative estimate of drug-likeness (QED) is 0.880. The van der Waals surface area contributed by atoms with E-state index in [1.807, 2.05) is 24.3 Å². The number of nitrogens with two attached hydrogens (primary N) is 1. The number of nitrogens with zero attached hydrogens (tertiary/aromatic N) is 3. The second-order valence-electron chi connectivity index (χ2n) is 4.90. The van der Waals surface area contributed by atoms with Gasteiger partial charge < -0.3 is 10.6 Å². The molecule has 0 spiro atoms. The van der Waals surface area contributed by atoms with Crippen molar-refractivity contribution in [1.29, 1.82) is 0 Å². The Hall–Kier alpha value is -2.17. The molecule has 1 aromatic carbocycles. The summed E-state index contributed by atoms with van der Waals surface area (Å²) in [5.41, 5.74) is 6.35. The Kier molecular flexibility index (Phi) is 3.03. The molecule has 1 aromatic heterocycles. The predicted octanol–water partition coefficient (Wildman–Crippen LogP) is 1.33. The molecule has 98 valence electrons. The third-order valence-electron chi connectivity index (χ3n) is 3.65. The van der Waals surface area contributed by atoms with E-state index in [4.69, 9.17) is 5.73 Å². The van der Waals surface area contributed by atoms with E-state index in [-0.39, 0.29) is 11.8 Å². The number of benzene rings is 1. The molecular weight excluding hydrogens is 240 g/mol. The lowest BCUT2D eigenvalue weighted by atomic mass is 9.97. The summed E-state index contributed by atoms with van der Waals surface area (Å²) in [6.07, 6.45) is 3.41. The van der Waals surface area contributed by atoms with Crippen molar-refractivity contribution < 1.29 is 4.79 Å². The van der Waals surface area contributed by atoms with Gasteiger partial charge in [-0.1, -0.05) is 12.1 Å². The number of para-hydroxylation sites is 1. The highest BCUT2D eigenvalue weighted by molar-refractivity contribution is 5.89. The molecule has 0 unspecified atom stereocenters. The summed E-state index contributed by atoms with van der Waals surface area (Å²) < 4.78 is 0. The number of amides is 1. The Balaban J connectivity index is 1.97. The van der Waals surface area contributed by atoms with E-state index in [0.717, 1.165) is 36.1 Å². The summed E-state index contributed by atoms with van der Waals surface area (Å²) in [7, 11) is 0. The Labute approximate surface area is 111 Å². The van der Waals surface area contributed by atoms with Crippen LogP contribution in [0.25, 0.3) is 10.9 Å². The highest BCUT2D eigenvalue weighted by Crippen LogP contribution is 2.27. The topological polar surface area (TPSA) is 72.1 Å². The molecule has 2 heterocycles. The van der Waals surface area contributed by atoms with Crippen LogP contribution in [0.1, 0.15) is 12.8 Å². The number of rotatable bonds is 2. The summed E-state index contributed by atoms with van der Waals surface area (Å²) in [6, 6.07) is 7.92. The molecular formula is C14H16N4O. The lowest BCUT2D eigenvalue weighted by Crippen LogP contribution is -2.41. The number of anilines is 1. The number of hydrogen-bond acceptors (Lipinski definition) is 4. The van der Waals surface area contributed by atoms with Crippen LogP contribution in [0.4, 0.5) is 5.82 Å². The van der Waals surface area contributed by atoms with E-state index in [1.54, 1.807) is 6.33 Å². The van der Waals surface area contributed by atoms with Crippen molar-refractivity contribution in [3.63, 3.8) is 0 Å². The van der Waals surface area contributed by atoms with Gasteiger partial charge in [-0.25, -0.2) is 9.97 Å². The highest BCUT2D eigenvalue weighted by atomic mass is 16.1. The summed E-state index contributed by atoms with van der Waals surface area (Å²) in [5, 5.41) is 1.02. The zero-order valence-corrected chi connectivity index (χ0v) is 10.6. The third kappa shape index (κ3) is 2.23. The normalized spacial score (nSPS) is 19.6. The maximum atomic E-state index is 11.4. The molecule has 0 aliphatic carbocycles. The van der Waals surface area contributed by atoms with Crippen LogP contribution in [0.15, 0.2) is 30.6 Å². The first kappa shape index (κ1) is 11.9. The number of fused-ring (bicyclic) bond motifs is 1. The molecule has 2 aromatic rings. The first-order valence-corrected chi connectivity index (χ1v) is 6.49. The highest BCUT2D eigenvalue weighted by Gasteiger charge is 2.25. The first-order chi connectivity index (χ1) is 9.25. The van der Waals surface area contributed by atoms with Crippen LogP contribution in [0.3, 0.4) is 0 Å². The smallest absolute Gasteiger partial charge is 0.222 e. The van der Waals surface area contributed by atoms with E-state index in [1.165, 1.54) is 0 Å². The lowest BCUT2D eigenvalue weighted by molar-refractivity contribution is -0.122. The van der Waals surface area contributed by atoms with Crippen molar-refractivity contribution in [2.75, 3.05) is 18.0 Å². The average molecular weight is 256 g/mol. The zero-order valence-electron chi connectivity index (χ0n) is 10.6. The van der Waals surface area contributed by atoms with Crippen LogP contribution in [-0.2, 0) is 4.79 Å². The standard InChI is InChI=1S/C14H16N4O/c15-13(19)10-4-3-7-18(8-10)14-11-5-1-2-6-12(11)16-9-17-14/h1-2,5-6,9-10H,3-4,7-8H2,(H2,15,19)/t10-/m1/s1. The number of primary amides is 1. The molecule has 5 nitrogen and oxygen atoms in total. The van der Waals surface area contributed by atoms with E-state index >= 15 is 0 Å². The molecule has 5 heteroatoms. The van der Waals surface area contributed by atoms with Gasteiger partial charge in [-0.2, -0.15) is 0 Å². The van der Waals surface area contributed by atoms with Gasteiger partial charge in [-0.05, 0) is 25.0 Å². The monoisotopic (exact) mass is 256 g/mol. The van der Waals surface area contributed by atoms with Crippen molar-refractivity contribution in [3.05, 3.63) is 30.6 Å². The minimum atomic E-state index is -0.219. The van der Waals surface area contributed by atoms with E-state index in [0.29, 0.717) is 6.54 Å². The fourth-order valence-electron chi connectivity index (χ4n) is 2.64. The van der Waals surface area contributed by atoms with Gasteiger partial charge in [-0.3, -0.25) is 4.79 Å². The van der Waals surface area contributed by atoms with Crippen LogP contribution in [0, 0.1) is 5.92 Å². The van der Waals surface area contributed by atoms with Gasteiger partial charge in [0, 0.05) is 18.5 Å². The van der Waals surface area contributed by atoms with E-state index in [2.05, 4.69) is 14.9 Å². The van der Waals surface area contributed by atoms with Crippen LogP contribution in [-0.4, -0.2) is 29.0 Å². The molecule has 19 heavy (non-hydrogen) atoms. The molecule has 0 saturated carbocycles. The Morgan fingerprint density at radius 3 is 3.00 bits per heavy atom. The molecule has 1 aliphatic heterocycles. The van der Waals surface area contributed by atoms with Gasteiger partial charge in [0.05, 0.1) is 11.4 Å². The van der Waals surface area contributed by atoms with Gasteiger partial charge in [-0.15, -0.1) is 0 Å². The minimum Gasteiger partial charge on any atom is -0.369 e. The van der Waals surface area contributed by atoms with Gasteiger partial charge in [0.2, 0.25) is 5.91 Å². The summed E-state index contributed by atoms with van der Waals surface area (Å²) >= 11 is 0. The Bertz CT molecular complexity index is 608. The average Bonchev–Trinajstić information content (AvgIpc) is 2.47. The number of carbonyl (C=O) groups excluding carboxylic acids is 1. The fraction of sp³-hybridized carbons (Fsp3) is 0.357. The SMILES string of the molecule is NC(=O)[C@@H]1CCCN(c2ncnc3ccccc23)C1. The molecule has 1 amide bonds. The molecule has 0 radical (unpaired) electrons. The second-order valence-corrected chi connectivity index (χ2v) is 4.90. The largest absolute Gasteiger partial charge is 0.369 e. The van der Waals surface area contributed by atoms with E-state index in [9.17, 15) is 4.79 Å². The van der Waals surface area contributed by atoms with Gasteiger partial charge in [0.25, 0.3) is 0 Å². The van der Waals surface area contributed by atoms with Crippen molar-refractivity contribution in [1.82, 2.24) is 9.97 Å². The summed E-state index contributed by atoms with van der Waals surface area (Å²) in [4.78, 5) is 22.1. The lowest BCUT2D eigenvalue weighted by Gasteiger charge is -2.32. The van der Waals surface area contributed by atoms with Crippen LogP contribution in [0.5, 0.6) is 0 Å². The van der Waals surface area contributed by atoms with Crippen LogP contribution in [0.2, 0.25) is 0 Å². The first-order valence-electron chi connectivity index (χ1n) is 6.49. The molecule has 2 N–H and O–H groups in total. The predicted molar refractivity (Wildman–Crippen MR) is 73.7 cm³/mol. The van der Waals surface area contributed by atoms with Crippen molar-refractivity contribution in [2.24, 2.45) is 11.7 Å². The fourth-order valence-corrected chi connectivity index (χ4v) is 2.64. The molecule has 1 aliphatic rings. The van der Waals surface area contributed by atoms with Crippen molar-refractivity contribution in [2.45, 2.75) is 12.8 Å². The van der Waals surface area contributed by atoms with Crippen LogP contribution >= 0.6 is 0 Å². The van der Waals surface area contributed by atoms with Gasteiger partial charge in [0.15, 0.2) is 0 Å². The molecule has 1 fully saturated rings. The minimum absolute atomic E-state index is 0.0810. The summed E-state index contributed by atoms with van der Waals surface area (Å²) in [6.45, 7) is 1.56. The van der Waals surface area contributed by atoms with Crippen LogP contribution < -0.4 is 10.6 Å². The number of carbonyl (C=O) groups is 1. The molecule has 0 bridgehead atoms. The number of piperidine rings is 1. The number of hydrogen-bond donors (Lipinski definition) is 1. The molecule has 1 atom stereocenters. The maximum Gasteiger partial charge on any atom is 0.222 e. The third-order valence-corrected chi connectivity index (χ3v) is 3.65. The van der Waals surface area contributed by atoms with Gasteiger partial charge >= 0.3 is 0 Å². The molecule has 3 rings (SSSR count). The Morgan fingerprint density at radius 1 is 1.32 bits per heavy atom. The van der Waals surface area contributed by atoms with Gasteiger partial charge in [0.1, 0.15) is 12.1 Å². The second kappa shape index (κ2) is 4.84. The number of aromatic nitrogens is 2. The zero-order chi connectivity index (χ0) is 13.2.